The normalized spacial score (nSPS) is 11.5. The number of aromatic nitrogens is 1. The average molecular weight is 293 g/mol. The maximum atomic E-state index is 12.5. The van der Waals surface area contributed by atoms with Crippen LogP contribution in [-0.2, 0) is 6.54 Å². The summed E-state index contributed by atoms with van der Waals surface area (Å²) in [6.45, 7) is 3.11. The van der Waals surface area contributed by atoms with E-state index in [1.807, 2.05) is 30.3 Å². The third-order valence-electron chi connectivity index (χ3n) is 3.24. The van der Waals surface area contributed by atoms with Gasteiger partial charge in [0.15, 0.2) is 0 Å². The van der Waals surface area contributed by atoms with Crippen LogP contribution in [0.15, 0.2) is 30.3 Å². The van der Waals surface area contributed by atoms with Crippen molar-refractivity contribution in [3.05, 3.63) is 35.9 Å². The molecule has 0 amide bonds. The highest BCUT2D eigenvalue weighted by molar-refractivity contribution is 5.81. The second-order valence-electron chi connectivity index (χ2n) is 5.20. The molecular weight excluding hydrogens is 272 g/mol. The molecule has 0 saturated heterocycles. The molecule has 0 atom stereocenters. The minimum atomic E-state index is -2.32. The zero-order valence-corrected chi connectivity index (χ0v) is 12.4. The highest BCUT2D eigenvalue weighted by atomic mass is 19.3. The Kier molecular flexibility index (Phi) is 5.44. The van der Waals surface area contributed by atoms with Crippen LogP contribution in [-0.4, -0.2) is 36.4 Å². The molecule has 0 aliphatic rings. The molecule has 0 aliphatic heterocycles. The van der Waals surface area contributed by atoms with Crippen molar-refractivity contribution >= 4 is 16.7 Å². The Labute approximate surface area is 124 Å². The number of para-hydroxylation sites is 1. The number of nitrogens with zero attached hydrogens (tertiary/aromatic N) is 2. The molecule has 3 nitrogen and oxygen atoms in total. The van der Waals surface area contributed by atoms with E-state index in [1.165, 1.54) is 0 Å². The summed E-state index contributed by atoms with van der Waals surface area (Å²) in [5, 5.41) is 4.32. The van der Waals surface area contributed by atoms with Crippen LogP contribution >= 0.6 is 0 Å². The molecule has 1 heterocycles. The summed E-state index contributed by atoms with van der Waals surface area (Å²) >= 11 is 0. The number of halogens is 2. The van der Waals surface area contributed by atoms with Crippen molar-refractivity contribution in [2.24, 2.45) is 0 Å². The summed E-state index contributed by atoms with van der Waals surface area (Å²) in [4.78, 5) is 6.24. The van der Waals surface area contributed by atoms with Crippen molar-refractivity contribution < 1.29 is 8.78 Å². The number of fused-ring (bicyclic) bond motifs is 1. The van der Waals surface area contributed by atoms with Crippen LogP contribution in [0.1, 0.15) is 18.9 Å². The highest BCUT2D eigenvalue weighted by Crippen LogP contribution is 2.22. The van der Waals surface area contributed by atoms with E-state index in [-0.39, 0.29) is 6.54 Å². The van der Waals surface area contributed by atoms with Crippen LogP contribution in [0.5, 0.6) is 0 Å². The molecule has 0 aliphatic carbocycles. The highest BCUT2D eigenvalue weighted by Gasteiger charge is 2.12. The Hall–Kier alpha value is -1.75. The van der Waals surface area contributed by atoms with Gasteiger partial charge in [-0.2, -0.15) is 0 Å². The second-order valence-corrected chi connectivity index (χ2v) is 5.20. The van der Waals surface area contributed by atoms with E-state index < -0.39 is 6.43 Å². The maximum absolute atomic E-state index is 12.5. The molecule has 0 spiro atoms. The number of nitrogens with one attached hydrogen (secondary N) is 1. The lowest BCUT2D eigenvalue weighted by Gasteiger charge is -2.19. The molecule has 0 bridgehead atoms. The number of rotatable bonds is 7. The van der Waals surface area contributed by atoms with Crippen molar-refractivity contribution in [3.63, 3.8) is 0 Å². The van der Waals surface area contributed by atoms with E-state index in [9.17, 15) is 8.78 Å². The predicted octanol–water partition coefficient (Wildman–Crippen LogP) is 3.75. The monoisotopic (exact) mass is 293 g/mol. The number of hydrogen-bond acceptors (Lipinski definition) is 3. The quantitative estimate of drug-likeness (QED) is 0.842. The van der Waals surface area contributed by atoms with Gasteiger partial charge in [0.2, 0.25) is 0 Å². The van der Waals surface area contributed by atoms with Gasteiger partial charge in [0.25, 0.3) is 6.43 Å². The second kappa shape index (κ2) is 7.31. The molecule has 1 N–H and O–H groups in total. The first-order chi connectivity index (χ1) is 10.1. The summed E-state index contributed by atoms with van der Waals surface area (Å²) in [6.07, 6.45) is -1.34. The van der Waals surface area contributed by atoms with E-state index >= 15 is 0 Å². The predicted molar refractivity (Wildman–Crippen MR) is 82.9 cm³/mol. The standard InChI is InChI=1S/C16H21F2N3/c1-3-8-19-16-13(10-21(2)11-15(17)18)9-12-6-4-5-7-14(12)20-16/h4-7,9,15H,3,8,10-11H2,1-2H3,(H,19,20). The fraction of sp³-hybridized carbons (Fsp3) is 0.438. The van der Waals surface area contributed by atoms with Crippen LogP contribution in [0, 0.1) is 0 Å². The van der Waals surface area contributed by atoms with E-state index in [4.69, 9.17) is 0 Å². The number of pyridine rings is 1. The first kappa shape index (κ1) is 15.6. The molecule has 0 unspecified atom stereocenters. The Morgan fingerprint density at radius 1 is 1.29 bits per heavy atom. The van der Waals surface area contributed by atoms with Crippen LogP contribution in [0.2, 0.25) is 0 Å². The van der Waals surface area contributed by atoms with E-state index in [0.717, 1.165) is 35.2 Å². The van der Waals surface area contributed by atoms with Crippen molar-refractivity contribution in [3.8, 4) is 0 Å². The summed E-state index contributed by atoms with van der Waals surface area (Å²) < 4.78 is 24.9. The molecule has 1 aromatic carbocycles. The lowest BCUT2D eigenvalue weighted by Crippen LogP contribution is -2.24. The zero-order valence-electron chi connectivity index (χ0n) is 12.4. The van der Waals surface area contributed by atoms with Gasteiger partial charge < -0.3 is 5.32 Å². The van der Waals surface area contributed by atoms with Crippen molar-refractivity contribution in [1.82, 2.24) is 9.88 Å². The lowest BCUT2D eigenvalue weighted by molar-refractivity contribution is 0.0976. The fourth-order valence-corrected chi connectivity index (χ4v) is 2.27. The average Bonchev–Trinajstić information content (AvgIpc) is 2.44. The summed E-state index contributed by atoms with van der Waals surface area (Å²) in [5.74, 6) is 0.789. The van der Waals surface area contributed by atoms with E-state index in [2.05, 4.69) is 17.2 Å². The Balaban J connectivity index is 2.29. The van der Waals surface area contributed by atoms with Gasteiger partial charge in [0, 0.05) is 24.0 Å². The summed E-state index contributed by atoms with van der Waals surface area (Å²) in [7, 11) is 1.70. The van der Waals surface area contributed by atoms with Gasteiger partial charge in [0.05, 0.1) is 12.1 Å². The first-order valence-corrected chi connectivity index (χ1v) is 7.19. The first-order valence-electron chi connectivity index (χ1n) is 7.19. The zero-order chi connectivity index (χ0) is 15.2. The van der Waals surface area contributed by atoms with Crippen LogP contribution in [0.25, 0.3) is 10.9 Å². The third kappa shape index (κ3) is 4.36. The molecule has 114 valence electrons. The van der Waals surface area contributed by atoms with Gasteiger partial charge in [0.1, 0.15) is 5.82 Å². The lowest BCUT2D eigenvalue weighted by atomic mass is 10.1. The summed E-state index contributed by atoms with van der Waals surface area (Å²) in [6, 6.07) is 9.88. The van der Waals surface area contributed by atoms with Crippen molar-refractivity contribution in [2.45, 2.75) is 26.3 Å². The molecule has 2 rings (SSSR count). The number of benzene rings is 1. The minimum Gasteiger partial charge on any atom is -0.370 e. The Morgan fingerprint density at radius 2 is 2.05 bits per heavy atom. The fourth-order valence-electron chi connectivity index (χ4n) is 2.27. The molecule has 5 heteroatoms. The smallest absolute Gasteiger partial charge is 0.251 e. The molecule has 2 aromatic rings. The van der Waals surface area contributed by atoms with E-state index in [0.29, 0.717) is 6.54 Å². The van der Waals surface area contributed by atoms with Gasteiger partial charge in [-0.3, -0.25) is 4.90 Å². The molecule has 0 radical (unpaired) electrons. The van der Waals surface area contributed by atoms with E-state index in [1.54, 1.807) is 11.9 Å². The van der Waals surface area contributed by atoms with Gasteiger partial charge in [-0.05, 0) is 25.6 Å². The third-order valence-corrected chi connectivity index (χ3v) is 3.24. The molecule has 21 heavy (non-hydrogen) atoms. The van der Waals surface area contributed by atoms with Gasteiger partial charge in [-0.25, -0.2) is 13.8 Å². The topological polar surface area (TPSA) is 28.2 Å². The molecular formula is C16H21F2N3. The number of anilines is 1. The molecule has 0 fully saturated rings. The van der Waals surface area contributed by atoms with Gasteiger partial charge in [-0.15, -0.1) is 0 Å². The number of hydrogen-bond donors (Lipinski definition) is 1. The molecule has 1 aromatic heterocycles. The van der Waals surface area contributed by atoms with Crippen LogP contribution in [0.4, 0.5) is 14.6 Å². The minimum absolute atomic E-state index is 0.236. The van der Waals surface area contributed by atoms with Crippen LogP contribution < -0.4 is 5.32 Å². The van der Waals surface area contributed by atoms with Crippen LogP contribution in [0.3, 0.4) is 0 Å². The summed E-state index contributed by atoms with van der Waals surface area (Å²) in [5.41, 5.74) is 1.86. The SMILES string of the molecule is CCCNc1nc2ccccc2cc1CN(C)CC(F)F. The maximum Gasteiger partial charge on any atom is 0.251 e. The number of alkyl halides is 2. The van der Waals surface area contributed by atoms with Crippen molar-refractivity contribution in [2.75, 3.05) is 25.5 Å². The Bertz CT molecular complexity index is 587. The van der Waals surface area contributed by atoms with Crippen molar-refractivity contribution in [1.29, 1.82) is 0 Å². The van der Waals surface area contributed by atoms with Gasteiger partial charge >= 0.3 is 0 Å². The largest absolute Gasteiger partial charge is 0.370 e. The molecule has 0 saturated carbocycles. The Morgan fingerprint density at radius 3 is 2.76 bits per heavy atom. The van der Waals surface area contributed by atoms with Gasteiger partial charge in [-0.1, -0.05) is 25.1 Å².